The molecule has 1 amide bonds. The summed E-state index contributed by atoms with van der Waals surface area (Å²) in [4.78, 5) is 16.7. The molecule has 4 aromatic rings. The number of aryl methyl sites for hydroxylation is 1. The molecule has 0 radical (unpaired) electrons. The number of rotatable bonds is 5. The summed E-state index contributed by atoms with van der Waals surface area (Å²) in [6, 6.07) is 21.7. The molecule has 28 heavy (non-hydrogen) atoms. The van der Waals surface area contributed by atoms with E-state index in [9.17, 15) is 4.79 Å². The van der Waals surface area contributed by atoms with E-state index in [1.54, 1.807) is 18.7 Å². The third kappa shape index (κ3) is 4.01. The van der Waals surface area contributed by atoms with Gasteiger partial charge in [0.15, 0.2) is 0 Å². The molecule has 2 heterocycles. The van der Waals surface area contributed by atoms with Gasteiger partial charge in [-0.25, -0.2) is 0 Å². The molecule has 1 N–H and O–H groups in total. The van der Waals surface area contributed by atoms with Gasteiger partial charge in [-0.05, 0) is 53.9 Å². The molecule has 0 spiro atoms. The largest absolute Gasteiger partial charge is 0.464 e. The van der Waals surface area contributed by atoms with Gasteiger partial charge in [-0.1, -0.05) is 42.0 Å². The standard InChI is InChI=1S/C24H20N2O2/c1-17-4-6-19(7-5-17)20-8-10-21(11-9-20)24(27)26-15-18-13-22(16-25-14-18)23-3-2-12-28-23/h2-14,16H,15H2,1H3,(H,26,27). The summed E-state index contributed by atoms with van der Waals surface area (Å²) >= 11 is 0. The minimum atomic E-state index is -0.112. The monoisotopic (exact) mass is 368 g/mol. The molecular formula is C24H20N2O2. The summed E-state index contributed by atoms with van der Waals surface area (Å²) in [6.07, 6.45) is 5.12. The Hall–Kier alpha value is -3.66. The van der Waals surface area contributed by atoms with Gasteiger partial charge in [0.2, 0.25) is 0 Å². The van der Waals surface area contributed by atoms with Crippen molar-refractivity contribution in [3.63, 3.8) is 0 Å². The SMILES string of the molecule is Cc1ccc(-c2ccc(C(=O)NCc3cncc(-c4ccco4)c3)cc2)cc1. The van der Waals surface area contributed by atoms with Crippen molar-refractivity contribution >= 4 is 5.91 Å². The Kier molecular flexibility index (Phi) is 5.02. The van der Waals surface area contributed by atoms with E-state index in [-0.39, 0.29) is 5.91 Å². The zero-order valence-electron chi connectivity index (χ0n) is 15.6. The number of amides is 1. The van der Waals surface area contributed by atoms with Crippen LogP contribution < -0.4 is 5.32 Å². The van der Waals surface area contributed by atoms with Crippen LogP contribution in [0.15, 0.2) is 89.8 Å². The van der Waals surface area contributed by atoms with E-state index in [1.165, 1.54) is 5.56 Å². The van der Waals surface area contributed by atoms with Crippen LogP contribution in [-0.2, 0) is 6.54 Å². The van der Waals surface area contributed by atoms with Crippen LogP contribution in [0, 0.1) is 6.92 Å². The molecule has 0 aliphatic rings. The highest BCUT2D eigenvalue weighted by molar-refractivity contribution is 5.94. The first kappa shape index (κ1) is 17.7. The van der Waals surface area contributed by atoms with E-state index in [0.717, 1.165) is 28.0 Å². The normalized spacial score (nSPS) is 10.6. The summed E-state index contributed by atoms with van der Waals surface area (Å²) in [6.45, 7) is 2.47. The quantitative estimate of drug-likeness (QED) is 0.524. The Morgan fingerprint density at radius 2 is 1.64 bits per heavy atom. The number of nitrogens with one attached hydrogen (secondary N) is 1. The maximum atomic E-state index is 12.5. The van der Waals surface area contributed by atoms with E-state index < -0.39 is 0 Å². The number of hydrogen-bond acceptors (Lipinski definition) is 3. The molecule has 0 saturated heterocycles. The number of carbonyl (C=O) groups is 1. The Labute approximate surface area is 163 Å². The Bertz CT molecular complexity index is 1070. The minimum absolute atomic E-state index is 0.112. The van der Waals surface area contributed by atoms with Crippen molar-refractivity contribution in [1.29, 1.82) is 0 Å². The van der Waals surface area contributed by atoms with Crippen molar-refractivity contribution in [2.45, 2.75) is 13.5 Å². The second kappa shape index (κ2) is 7.92. The first-order chi connectivity index (χ1) is 13.7. The molecular weight excluding hydrogens is 348 g/mol. The van der Waals surface area contributed by atoms with Gasteiger partial charge in [0.05, 0.1) is 6.26 Å². The third-order valence-electron chi connectivity index (χ3n) is 4.59. The van der Waals surface area contributed by atoms with Gasteiger partial charge < -0.3 is 9.73 Å². The van der Waals surface area contributed by atoms with Crippen molar-refractivity contribution in [3.8, 4) is 22.5 Å². The average molecular weight is 368 g/mol. The van der Waals surface area contributed by atoms with E-state index in [4.69, 9.17) is 4.42 Å². The van der Waals surface area contributed by atoms with Gasteiger partial charge in [0.25, 0.3) is 5.91 Å². The highest BCUT2D eigenvalue weighted by atomic mass is 16.3. The molecule has 138 valence electrons. The minimum Gasteiger partial charge on any atom is -0.464 e. The second-order valence-corrected chi connectivity index (χ2v) is 6.69. The molecule has 0 unspecified atom stereocenters. The zero-order valence-corrected chi connectivity index (χ0v) is 15.6. The summed E-state index contributed by atoms with van der Waals surface area (Å²) in [5.74, 6) is 0.645. The molecule has 0 saturated carbocycles. The van der Waals surface area contributed by atoms with E-state index in [1.807, 2.05) is 42.5 Å². The number of carbonyl (C=O) groups excluding carboxylic acids is 1. The molecule has 0 bridgehead atoms. The average Bonchev–Trinajstić information content (AvgIpc) is 3.28. The fourth-order valence-corrected chi connectivity index (χ4v) is 3.01. The number of nitrogens with zero attached hydrogens (tertiary/aromatic N) is 1. The Morgan fingerprint density at radius 3 is 2.32 bits per heavy atom. The summed E-state index contributed by atoms with van der Waals surface area (Å²) in [5.41, 5.74) is 5.89. The predicted octanol–water partition coefficient (Wildman–Crippen LogP) is 5.25. The van der Waals surface area contributed by atoms with Gasteiger partial charge in [-0.3, -0.25) is 9.78 Å². The number of aromatic nitrogens is 1. The van der Waals surface area contributed by atoms with Gasteiger partial charge in [0.1, 0.15) is 5.76 Å². The number of furan rings is 1. The summed E-state index contributed by atoms with van der Waals surface area (Å²) < 4.78 is 5.40. The maximum absolute atomic E-state index is 12.5. The van der Waals surface area contributed by atoms with Gasteiger partial charge in [-0.2, -0.15) is 0 Å². The third-order valence-corrected chi connectivity index (χ3v) is 4.59. The van der Waals surface area contributed by atoms with Crippen molar-refractivity contribution in [1.82, 2.24) is 10.3 Å². The molecule has 4 nitrogen and oxygen atoms in total. The van der Waals surface area contributed by atoms with Crippen LogP contribution in [0.3, 0.4) is 0 Å². The van der Waals surface area contributed by atoms with Crippen LogP contribution >= 0.6 is 0 Å². The molecule has 2 aromatic heterocycles. The zero-order chi connectivity index (χ0) is 19.3. The number of benzene rings is 2. The molecule has 0 fully saturated rings. The first-order valence-corrected chi connectivity index (χ1v) is 9.12. The Balaban J connectivity index is 1.41. The fraction of sp³-hybridized carbons (Fsp3) is 0.0833. The van der Waals surface area contributed by atoms with Crippen LogP contribution in [0.4, 0.5) is 0 Å². The van der Waals surface area contributed by atoms with Crippen LogP contribution in [0.1, 0.15) is 21.5 Å². The van der Waals surface area contributed by atoms with Crippen molar-refractivity contribution in [2.24, 2.45) is 0 Å². The first-order valence-electron chi connectivity index (χ1n) is 9.12. The highest BCUT2D eigenvalue weighted by Gasteiger charge is 2.08. The van der Waals surface area contributed by atoms with Crippen LogP contribution in [0.25, 0.3) is 22.5 Å². The Morgan fingerprint density at radius 1 is 0.929 bits per heavy atom. The fourth-order valence-electron chi connectivity index (χ4n) is 3.01. The number of hydrogen-bond donors (Lipinski definition) is 1. The van der Waals surface area contributed by atoms with Crippen molar-refractivity contribution in [3.05, 3.63) is 102 Å². The molecule has 0 aliphatic carbocycles. The lowest BCUT2D eigenvalue weighted by atomic mass is 10.0. The maximum Gasteiger partial charge on any atom is 0.251 e. The van der Waals surface area contributed by atoms with E-state index in [2.05, 4.69) is 41.5 Å². The van der Waals surface area contributed by atoms with Gasteiger partial charge >= 0.3 is 0 Å². The van der Waals surface area contributed by atoms with Gasteiger partial charge in [-0.15, -0.1) is 0 Å². The predicted molar refractivity (Wildman–Crippen MR) is 110 cm³/mol. The molecule has 4 rings (SSSR count). The van der Waals surface area contributed by atoms with Crippen molar-refractivity contribution in [2.75, 3.05) is 0 Å². The molecule has 0 atom stereocenters. The second-order valence-electron chi connectivity index (χ2n) is 6.69. The van der Waals surface area contributed by atoms with Crippen LogP contribution in [-0.4, -0.2) is 10.9 Å². The topological polar surface area (TPSA) is 55.1 Å². The number of pyridine rings is 1. The molecule has 2 aromatic carbocycles. The molecule has 4 heteroatoms. The molecule has 0 aliphatic heterocycles. The smallest absolute Gasteiger partial charge is 0.251 e. The lowest BCUT2D eigenvalue weighted by Crippen LogP contribution is -2.22. The van der Waals surface area contributed by atoms with Crippen LogP contribution in [0.5, 0.6) is 0 Å². The summed E-state index contributed by atoms with van der Waals surface area (Å²) in [7, 11) is 0. The van der Waals surface area contributed by atoms with E-state index >= 15 is 0 Å². The lowest BCUT2D eigenvalue weighted by molar-refractivity contribution is 0.0951. The summed E-state index contributed by atoms with van der Waals surface area (Å²) in [5, 5.41) is 2.94. The van der Waals surface area contributed by atoms with Gasteiger partial charge in [0, 0.05) is 30.1 Å². The van der Waals surface area contributed by atoms with Crippen LogP contribution in [0.2, 0.25) is 0 Å². The van der Waals surface area contributed by atoms with Crippen molar-refractivity contribution < 1.29 is 9.21 Å². The van der Waals surface area contributed by atoms with E-state index in [0.29, 0.717) is 12.1 Å². The highest BCUT2D eigenvalue weighted by Crippen LogP contribution is 2.21. The lowest BCUT2D eigenvalue weighted by Gasteiger charge is -2.08.